The summed E-state index contributed by atoms with van der Waals surface area (Å²) in [6.07, 6.45) is 6.47. The highest BCUT2D eigenvalue weighted by atomic mass is 35.5. The van der Waals surface area contributed by atoms with Crippen molar-refractivity contribution in [2.75, 3.05) is 19.8 Å². The van der Waals surface area contributed by atoms with E-state index in [0.29, 0.717) is 6.42 Å². The highest BCUT2D eigenvalue weighted by molar-refractivity contribution is 6.77. The Balaban J connectivity index is 0.00000676. The molecule has 0 radical (unpaired) electrons. The van der Waals surface area contributed by atoms with Crippen LogP contribution < -0.4 is 10.5 Å². The molecule has 0 amide bonds. The predicted octanol–water partition coefficient (Wildman–Crippen LogP) is 4.39. The summed E-state index contributed by atoms with van der Waals surface area (Å²) in [7, 11) is -1.06. The molecule has 27 heavy (non-hydrogen) atoms. The lowest BCUT2D eigenvalue weighted by Crippen LogP contribution is -2.47. The Morgan fingerprint density at radius 3 is 2.15 bits per heavy atom. The van der Waals surface area contributed by atoms with Gasteiger partial charge in [-0.05, 0) is 37.0 Å². The molecular formula is C21H40ClNO3Si. The van der Waals surface area contributed by atoms with E-state index in [0.717, 1.165) is 30.8 Å². The fourth-order valence-corrected chi connectivity index (χ4v) is 5.63. The van der Waals surface area contributed by atoms with E-state index in [4.69, 9.17) is 10.5 Å². The molecule has 0 saturated carbocycles. The maximum absolute atomic E-state index is 9.24. The maximum atomic E-state index is 9.24. The van der Waals surface area contributed by atoms with Crippen LogP contribution in [0, 0.1) is 0 Å². The molecule has 0 fully saturated rings. The van der Waals surface area contributed by atoms with Gasteiger partial charge in [0.25, 0.3) is 0 Å². The van der Waals surface area contributed by atoms with Gasteiger partial charge in [-0.3, -0.25) is 0 Å². The van der Waals surface area contributed by atoms with Crippen molar-refractivity contribution in [3.8, 4) is 5.75 Å². The van der Waals surface area contributed by atoms with Crippen LogP contribution in [-0.2, 0) is 6.42 Å². The number of nitrogens with two attached hydrogens (primary N) is 1. The molecule has 4 nitrogen and oxygen atoms in total. The Kier molecular flexibility index (Phi) is 13.3. The molecule has 1 aromatic rings. The lowest BCUT2D eigenvalue weighted by Gasteiger charge is -2.24. The van der Waals surface area contributed by atoms with Gasteiger partial charge >= 0.3 is 0 Å². The number of hydrogen-bond donors (Lipinski definition) is 3. The fraction of sp³-hybridized carbons (Fsp3) is 0.714. The number of aliphatic hydroxyl groups excluding tert-OH is 2. The second-order valence-electron chi connectivity index (χ2n) is 8.40. The van der Waals surface area contributed by atoms with Crippen LogP contribution in [0.1, 0.15) is 44.6 Å². The fourth-order valence-electron chi connectivity index (χ4n) is 3.07. The molecular weight excluding hydrogens is 378 g/mol. The third kappa shape index (κ3) is 11.1. The van der Waals surface area contributed by atoms with Crippen molar-refractivity contribution in [2.24, 2.45) is 5.73 Å². The van der Waals surface area contributed by atoms with E-state index in [2.05, 4.69) is 20.0 Å². The Hall–Kier alpha value is -0.593. The Morgan fingerprint density at radius 2 is 1.59 bits per heavy atom. The summed E-state index contributed by atoms with van der Waals surface area (Å²) in [6, 6.07) is 10.8. The standard InChI is InChI=1S/C21H39NO3Si.ClH/c1-4-5-6-15-26(2,3)16-7-14-25-20-10-8-19(9-11-20)12-13-21(22,17-23)18-24;/h8-11,23-24H,4-7,12-18,22H2,1-3H3;1H. The largest absolute Gasteiger partial charge is 0.494 e. The molecule has 0 aliphatic heterocycles. The van der Waals surface area contributed by atoms with E-state index in [9.17, 15) is 10.2 Å². The first kappa shape index (κ1) is 26.4. The molecule has 1 aromatic carbocycles. The van der Waals surface area contributed by atoms with Crippen molar-refractivity contribution in [3.63, 3.8) is 0 Å². The van der Waals surface area contributed by atoms with Crippen molar-refractivity contribution >= 4 is 20.5 Å². The second kappa shape index (κ2) is 13.6. The van der Waals surface area contributed by atoms with Crippen LogP contribution >= 0.6 is 12.4 Å². The van der Waals surface area contributed by atoms with Gasteiger partial charge in [0.1, 0.15) is 5.75 Å². The van der Waals surface area contributed by atoms with Crippen molar-refractivity contribution in [3.05, 3.63) is 29.8 Å². The zero-order valence-corrected chi connectivity index (χ0v) is 19.2. The zero-order valence-electron chi connectivity index (χ0n) is 17.4. The Labute approximate surface area is 172 Å². The van der Waals surface area contributed by atoms with Crippen molar-refractivity contribution < 1.29 is 14.9 Å². The summed E-state index contributed by atoms with van der Waals surface area (Å²) in [5.74, 6) is 0.905. The van der Waals surface area contributed by atoms with Gasteiger partial charge in [0.2, 0.25) is 0 Å². The number of hydrogen-bond acceptors (Lipinski definition) is 4. The molecule has 158 valence electrons. The number of unbranched alkanes of at least 4 members (excludes halogenated alkanes) is 2. The summed E-state index contributed by atoms with van der Waals surface area (Å²) in [5, 5.41) is 18.5. The SMILES string of the molecule is CCCCC[Si](C)(C)CCCOc1ccc(CCC(N)(CO)CO)cc1.Cl. The third-order valence-electron chi connectivity index (χ3n) is 5.19. The molecule has 0 saturated heterocycles. The van der Waals surface area contributed by atoms with Gasteiger partial charge in [-0.25, -0.2) is 0 Å². The van der Waals surface area contributed by atoms with Crippen LogP contribution in [0.4, 0.5) is 0 Å². The predicted molar refractivity (Wildman–Crippen MR) is 120 cm³/mol. The highest BCUT2D eigenvalue weighted by Gasteiger charge is 2.22. The average Bonchev–Trinajstić information content (AvgIpc) is 2.64. The van der Waals surface area contributed by atoms with Crippen LogP contribution in [0.15, 0.2) is 24.3 Å². The molecule has 6 heteroatoms. The molecule has 0 unspecified atom stereocenters. The normalized spacial score (nSPS) is 11.9. The van der Waals surface area contributed by atoms with Crippen LogP contribution in [0.5, 0.6) is 5.75 Å². The molecule has 0 heterocycles. The van der Waals surface area contributed by atoms with E-state index in [1.54, 1.807) is 0 Å². The van der Waals surface area contributed by atoms with Gasteiger partial charge < -0.3 is 20.7 Å². The van der Waals surface area contributed by atoms with E-state index in [1.165, 1.54) is 31.4 Å². The molecule has 0 aromatic heterocycles. The summed E-state index contributed by atoms with van der Waals surface area (Å²) in [6.45, 7) is 7.62. The van der Waals surface area contributed by atoms with Crippen molar-refractivity contribution in [1.82, 2.24) is 0 Å². The number of rotatable bonds is 14. The number of halogens is 1. The Bertz CT molecular complexity index is 493. The monoisotopic (exact) mass is 417 g/mol. The molecule has 4 N–H and O–H groups in total. The topological polar surface area (TPSA) is 75.7 Å². The van der Waals surface area contributed by atoms with Crippen LogP contribution in [0.2, 0.25) is 25.2 Å². The van der Waals surface area contributed by atoms with Gasteiger partial charge in [-0.1, -0.05) is 63.5 Å². The van der Waals surface area contributed by atoms with Gasteiger partial charge in [0.15, 0.2) is 0 Å². The molecule has 0 spiro atoms. The minimum absolute atomic E-state index is 0. The minimum atomic E-state index is -1.06. The first-order valence-corrected chi connectivity index (χ1v) is 13.5. The van der Waals surface area contributed by atoms with Gasteiger partial charge in [0.05, 0.1) is 25.4 Å². The van der Waals surface area contributed by atoms with E-state index >= 15 is 0 Å². The first-order valence-electron chi connectivity index (χ1n) is 10.1. The second-order valence-corrected chi connectivity index (χ2v) is 13.7. The lowest BCUT2D eigenvalue weighted by molar-refractivity contribution is 0.115. The van der Waals surface area contributed by atoms with Crippen LogP contribution in [-0.4, -0.2) is 43.6 Å². The Morgan fingerprint density at radius 1 is 1.00 bits per heavy atom. The van der Waals surface area contributed by atoms with Crippen molar-refractivity contribution in [2.45, 2.75) is 76.2 Å². The number of ether oxygens (including phenoxy) is 1. The first-order chi connectivity index (χ1) is 12.3. The maximum Gasteiger partial charge on any atom is 0.119 e. The van der Waals surface area contributed by atoms with Gasteiger partial charge in [-0.15, -0.1) is 12.4 Å². The smallest absolute Gasteiger partial charge is 0.119 e. The molecule has 0 aliphatic rings. The highest BCUT2D eigenvalue weighted by Crippen LogP contribution is 2.22. The van der Waals surface area contributed by atoms with E-state index in [1.807, 2.05) is 24.3 Å². The van der Waals surface area contributed by atoms with Gasteiger partial charge in [0, 0.05) is 8.07 Å². The number of aliphatic hydroxyl groups is 2. The number of benzene rings is 1. The van der Waals surface area contributed by atoms with Gasteiger partial charge in [-0.2, -0.15) is 0 Å². The lowest BCUT2D eigenvalue weighted by atomic mass is 9.94. The summed E-state index contributed by atoms with van der Waals surface area (Å²) >= 11 is 0. The molecule has 0 atom stereocenters. The van der Waals surface area contributed by atoms with Crippen LogP contribution in [0.25, 0.3) is 0 Å². The summed E-state index contributed by atoms with van der Waals surface area (Å²) in [4.78, 5) is 0. The van der Waals surface area contributed by atoms with E-state index in [-0.39, 0.29) is 25.6 Å². The van der Waals surface area contributed by atoms with E-state index < -0.39 is 13.6 Å². The summed E-state index contributed by atoms with van der Waals surface area (Å²) < 4.78 is 5.89. The molecule has 0 aliphatic carbocycles. The minimum Gasteiger partial charge on any atom is -0.494 e. The summed E-state index contributed by atoms with van der Waals surface area (Å²) in [5.41, 5.74) is 6.14. The quantitative estimate of drug-likeness (QED) is 0.310. The zero-order chi connectivity index (χ0) is 19.5. The van der Waals surface area contributed by atoms with Crippen molar-refractivity contribution in [1.29, 1.82) is 0 Å². The molecule has 1 rings (SSSR count). The molecule has 0 bridgehead atoms. The third-order valence-corrected chi connectivity index (χ3v) is 8.60. The average molecular weight is 418 g/mol. The number of aryl methyl sites for hydroxylation is 1. The van der Waals surface area contributed by atoms with Crippen LogP contribution in [0.3, 0.4) is 0 Å².